The van der Waals surface area contributed by atoms with Crippen molar-refractivity contribution < 1.29 is 13.2 Å². The number of halogens is 2. The van der Waals surface area contributed by atoms with Gasteiger partial charge in [-0.3, -0.25) is 4.79 Å². The average molecular weight is 433 g/mol. The molecule has 0 saturated heterocycles. The molecule has 0 amide bonds. The van der Waals surface area contributed by atoms with Crippen molar-refractivity contribution >= 4 is 38.8 Å². The first-order valence-electron chi connectivity index (χ1n) is 8.63. The normalized spacial score (nSPS) is 12.5. The van der Waals surface area contributed by atoms with Crippen LogP contribution in [-0.2, 0) is 9.84 Å². The summed E-state index contributed by atoms with van der Waals surface area (Å²) in [4.78, 5) is 13.1. The third kappa shape index (κ3) is 4.46. The number of ketones is 1. The molecular formula is C22H18Cl2O3S. The highest BCUT2D eigenvalue weighted by Crippen LogP contribution is 2.34. The molecule has 6 heteroatoms. The second kappa shape index (κ2) is 8.48. The van der Waals surface area contributed by atoms with Gasteiger partial charge >= 0.3 is 0 Å². The minimum absolute atomic E-state index is 0.182. The molecule has 0 spiro atoms. The number of Topliss-reactive ketones (excluding diaryl/α,β-unsaturated/α-hetero) is 1. The van der Waals surface area contributed by atoms with E-state index < -0.39 is 15.1 Å². The Kier molecular flexibility index (Phi) is 6.23. The number of carbonyl (C=O) groups excluding carboxylic acids is 1. The number of rotatable bonds is 6. The molecule has 0 saturated carbocycles. The van der Waals surface area contributed by atoms with Crippen LogP contribution in [0.5, 0.6) is 0 Å². The molecule has 0 aromatic heterocycles. The standard InChI is InChI=1S/C22H18Cl2O3S/c1-15-7-10-18(11-8-15)28(26,27)22(16-5-3-2-4-6-16)14-21(25)19-12-9-17(23)13-20(19)24/h2-13,22H,14H2,1H3/t22-/m1/s1. The molecule has 0 radical (unpaired) electrons. The summed E-state index contributed by atoms with van der Waals surface area (Å²) in [6.07, 6.45) is -0.221. The molecule has 144 valence electrons. The highest BCUT2D eigenvalue weighted by molar-refractivity contribution is 7.91. The minimum Gasteiger partial charge on any atom is -0.294 e. The van der Waals surface area contributed by atoms with Crippen molar-refractivity contribution in [2.75, 3.05) is 0 Å². The van der Waals surface area contributed by atoms with Crippen LogP contribution < -0.4 is 0 Å². The molecule has 3 aromatic rings. The SMILES string of the molecule is Cc1ccc(S(=O)(=O)[C@H](CC(=O)c2ccc(Cl)cc2Cl)c2ccccc2)cc1. The van der Waals surface area contributed by atoms with Gasteiger partial charge in [0.05, 0.1) is 15.2 Å². The lowest BCUT2D eigenvalue weighted by Crippen LogP contribution is -2.18. The summed E-state index contributed by atoms with van der Waals surface area (Å²) in [5.74, 6) is -0.355. The van der Waals surface area contributed by atoms with E-state index in [1.807, 2.05) is 6.92 Å². The van der Waals surface area contributed by atoms with Gasteiger partial charge < -0.3 is 0 Å². The molecule has 1 atom stereocenters. The van der Waals surface area contributed by atoms with Crippen LogP contribution in [0.15, 0.2) is 77.7 Å². The Hall–Kier alpha value is -2.14. The van der Waals surface area contributed by atoms with Crippen LogP contribution in [-0.4, -0.2) is 14.2 Å². The van der Waals surface area contributed by atoms with Crippen LogP contribution in [0, 0.1) is 6.92 Å². The second-order valence-electron chi connectivity index (χ2n) is 6.51. The predicted molar refractivity (Wildman–Crippen MR) is 113 cm³/mol. The molecule has 0 unspecified atom stereocenters. The Morgan fingerprint density at radius 2 is 1.57 bits per heavy atom. The fourth-order valence-electron chi connectivity index (χ4n) is 2.96. The lowest BCUT2D eigenvalue weighted by atomic mass is 10.0. The Morgan fingerprint density at radius 3 is 2.18 bits per heavy atom. The van der Waals surface area contributed by atoms with Crippen LogP contribution in [0.3, 0.4) is 0 Å². The Labute approximate surface area is 174 Å². The van der Waals surface area contributed by atoms with E-state index >= 15 is 0 Å². The summed E-state index contributed by atoms with van der Waals surface area (Å²) in [5.41, 5.74) is 1.77. The summed E-state index contributed by atoms with van der Waals surface area (Å²) in [5, 5.41) is -0.402. The molecule has 28 heavy (non-hydrogen) atoms. The quantitative estimate of drug-likeness (QED) is 0.442. The van der Waals surface area contributed by atoms with Crippen LogP contribution in [0.2, 0.25) is 10.0 Å². The third-order valence-corrected chi connectivity index (χ3v) is 7.16. The van der Waals surface area contributed by atoms with Crippen LogP contribution >= 0.6 is 23.2 Å². The van der Waals surface area contributed by atoms with Gasteiger partial charge in [-0.1, -0.05) is 71.2 Å². The summed E-state index contributed by atoms with van der Waals surface area (Å²) in [6.45, 7) is 1.89. The number of carbonyl (C=O) groups is 1. The fourth-order valence-corrected chi connectivity index (χ4v) is 5.20. The van der Waals surface area contributed by atoms with Crippen molar-refractivity contribution in [3.05, 3.63) is 99.5 Å². The van der Waals surface area contributed by atoms with Crippen molar-refractivity contribution in [1.29, 1.82) is 0 Å². The number of hydrogen-bond donors (Lipinski definition) is 0. The van der Waals surface area contributed by atoms with Gasteiger partial charge in [-0.25, -0.2) is 8.42 Å². The van der Waals surface area contributed by atoms with E-state index in [1.54, 1.807) is 60.7 Å². The van der Waals surface area contributed by atoms with E-state index in [0.29, 0.717) is 10.6 Å². The van der Waals surface area contributed by atoms with Gasteiger partial charge in [0, 0.05) is 17.0 Å². The minimum atomic E-state index is -3.78. The Bertz CT molecular complexity index is 1090. The van der Waals surface area contributed by atoms with Gasteiger partial charge in [0.1, 0.15) is 0 Å². The topological polar surface area (TPSA) is 51.2 Å². The Balaban J connectivity index is 2.03. The summed E-state index contributed by atoms with van der Waals surface area (Å²) in [7, 11) is -3.78. The van der Waals surface area contributed by atoms with Gasteiger partial charge in [0.2, 0.25) is 0 Å². The smallest absolute Gasteiger partial charge is 0.185 e. The number of benzene rings is 3. The van der Waals surface area contributed by atoms with E-state index in [1.165, 1.54) is 12.1 Å². The van der Waals surface area contributed by atoms with Crippen molar-refractivity contribution in [2.45, 2.75) is 23.5 Å². The third-order valence-electron chi connectivity index (χ3n) is 4.50. The molecule has 0 aliphatic carbocycles. The van der Waals surface area contributed by atoms with Gasteiger partial charge in [-0.2, -0.15) is 0 Å². The Morgan fingerprint density at radius 1 is 0.929 bits per heavy atom. The van der Waals surface area contributed by atoms with Crippen molar-refractivity contribution in [2.24, 2.45) is 0 Å². The highest BCUT2D eigenvalue weighted by Gasteiger charge is 2.32. The van der Waals surface area contributed by atoms with Crippen LogP contribution in [0.25, 0.3) is 0 Å². The second-order valence-corrected chi connectivity index (χ2v) is 9.48. The molecule has 0 heterocycles. The summed E-state index contributed by atoms with van der Waals surface area (Å²) in [6, 6.07) is 19.9. The summed E-state index contributed by atoms with van der Waals surface area (Å²) < 4.78 is 26.7. The maximum absolute atomic E-state index is 13.3. The van der Waals surface area contributed by atoms with Crippen LogP contribution in [0.1, 0.15) is 33.2 Å². The first-order valence-corrected chi connectivity index (χ1v) is 10.9. The van der Waals surface area contributed by atoms with E-state index in [4.69, 9.17) is 23.2 Å². The molecule has 0 aliphatic rings. The number of hydrogen-bond acceptors (Lipinski definition) is 3. The monoisotopic (exact) mass is 432 g/mol. The van der Waals surface area contributed by atoms with Gasteiger partial charge in [-0.15, -0.1) is 0 Å². The lowest BCUT2D eigenvalue weighted by molar-refractivity contribution is 0.0981. The molecule has 0 fully saturated rings. The fraction of sp³-hybridized carbons (Fsp3) is 0.136. The maximum atomic E-state index is 13.3. The van der Waals surface area contributed by atoms with Crippen LogP contribution in [0.4, 0.5) is 0 Å². The van der Waals surface area contributed by atoms with Crippen molar-refractivity contribution in [3.8, 4) is 0 Å². The molecule has 0 aliphatic heterocycles. The molecule has 0 N–H and O–H groups in total. The molecule has 3 nitrogen and oxygen atoms in total. The largest absolute Gasteiger partial charge is 0.294 e. The first kappa shape index (κ1) is 20.6. The van der Waals surface area contributed by atoms with E-state index in [2.05, 4.69) is 0 Å². The first-order chi connectivity index (χ1) is 13.3. The van der Waals surface area contributed by atoms with E-state index in [9.17, 15) is 13.2 Å². The summed E-state index contributed by atoms with van der Waals surface area (Å²) >= 11 is 12.0. The van der Waals surface area contributed by atoms with Crippen molar-refractivity contribution in [3.63, 3.8) is 0 Å². The van der Waals surface area contributed by atoms with E-state index in [0.717, 1.165) is 5.56 Å². The molecular weight excluding hydrogens is 415 g/mol. The van der Waals surface area contributed by atoms with Crippen molar-refractivity contribution in [1.82, 2.24) is 0 Å². The van der Waals surface area contributed by atoms with Gasteiger partial charge in [-0.05, 0) is 42.8 Å². The van der Waals surface area contributed by atoms with Gasteiger partial charge in [0.25, 0.3) is 0 Å². The number of aryl methyl sites for hydroxylation is 1. The lowest BCUT2D eigenvalue weighted by Gasteiger charge is -2.18. The van der Waals surface area contributed by atoms with E-state index in [-0.39, 0.29) is 27.7 Å². The molecule has 3 aromatic carbocycles. The highest BCUT2D eigenvalue weighted by atomic mass is 35.5. The molecule has 0 bridgehead atoms. The average Bonchev–Trinajstić information content (AvgIpc) is 2.67. The van der Waals surface area contributed by atoms with Gasteiger partial charge in [0.15, 0.2) is 15.6 Å². The zero-order chi connectivity index (χ0) is 20.3. The molecule has 3 rings (SSSR count). The zero-order valence-electron chi connectivity index (χ0n) is 15.1. The number of sulfone groups is 1. The maximum Gasteiger partial charge on any atom is 0.185 e. The predicted octanol–water partition coefficient (Wildman–Crippen LogP) is 6.09. The zero-order valence-corrected chi connectivity index (χ0v) is 17.4.